The smallest absolute Gasteiger partial charge is 0.406 e. The lowest BCUT2D eigenvalue weighted by molar-refractivity contribution is -0.156. The average molecular weight is 1130 g/mol. The second-order valence-electron chi connectivity index (χ2n) is 22.7. The molecular formula is C54H68ClF5N10O7S. The third-order valence-corrected chi connectivity index (χ3v) is 17.1. The van der Waals surface area contributed by atoms with Gasteiger partial charge in [-0.25, -0.2) is 19.2 Å². The number of nitrogens with one attached hydrogen (secondary N) is 2. The van der Waals surface area contributed by atoms with E-state index in [0.717, 1.165) is 35.1 Å². The number of pyridine rings is 1. The fourth-order valence-electron chi connectivity index (χ4n) is 11.9. The molecule has 2 N–H and O–H groups in total. The summed E-state index contributed by atoms with van der Waals surface area (Å²) in [5.74, 6) is -4.55. The van der Waals surface area contributed by atoms with Crippen molar-refractivity contribution in [2.24, 2.45) is 16.7 Å². The zero-order valence-electron chi connectivity index (χ0n) is 45.0. The number of halogens is 6. The fraction of sp³-hybridized carbons (Fsp3) is 0.611. The maximum Gasteiger partial charge on any atom is 0.406 e. The first-order chi connectivity index (χ1) is 36.9. The molecule has 1 aromatic carbocycles. The van der Waals surface area contributed by atoms with Gasteiger partial charge in [0.1, 0.15) is 30.5 Å². The Morgan fingerprint density at radius 2 is 1.76 bits per heavy atom. The highest BCUT2D eigenvalue weighted by Crippen LogP contribution is 2.46. The topological polar surface area (TPSA) is 175 Å². The summed E-state index contributed by atoms with van der Waals surface area (Å²) in [6.07, 6.45) is -2.06. The van der Waals surface area contributed by atoms with E-state index >= 15 is 17.6 Å². The molecule has 17 nitrogen and oxygen atoms in total. The van der Waals surface area contributed by atoms with E-state index in [4.69, 9.17) is 31.0 Å². The summed E-state index contributed by atoms with van der Waals surface area (Å²) in [5.41, 5.74) is 0.889. The van der Waals surface area contributed by atoms with Gasteiger partial charge in [-0.05, 0) is 82.2 Å². The van der Waals surface area contributed by atoms with E-state index in [2.05, 4.69) is 20.5 Å². The Hall–Kier alpha value is -5.49. The number of aromatic nitrogens is 3. The van der Waals surface area contributed by atoms with E-state index in [1.54, 1.807) is 32.3 Å². The van der Waals surface area contributed by atoms with Gasteiger partial charge in [-0.3, -0.25) is 34.0 Å². The van der Waals surface area contributed by atoms with Crippen LogP contribution < -0.4 is 15.6 Å². The van der Waals surface area contributed by atoms with Crippen LogP contribution in [0.15, 0.2) is 29.8 Å². The van der Waals surface area contributed by atoms with Crippen LogP contribution in [0.1, 0.15) is 89.1 Å². The first kappa shape index (κ1) is 57.2. The predicted molar refractivity (Wildman–Crippen MR) is 283 cm³/mol. The van der Waals surface area contributed by atoms with Gasteiger partial charge in [-0.1, -0.05) is 39.3 Å². The van der Waals surface area contributed by atoms with Crippen LogP contribution in [0.5, 0.6) is 0 Å². The summed E-state index contributed by atoms with van der Waals surface area (Å²) in [6, 6.07) is 1.01. The number of cyclic esters (lactones) is 1. The molecule has 424 valence electrons. The number of anilines is 1. The fourth-order valence-corrected chi connectivity index (χ4v) is 12.9. The van der Waals surface area contributed by atoms with Crippen molar-refractivity contribution in [3.8, 4) is 22.5 Å². The molecule has 6 bridgehead atoms. The summed E-state index contributed by atoms with van der Waals surface area (Å²) in [5, 5.41) is 6.38. The van der Waals surface area contributed by atoms with Crippen LogP contribution >= 0.6 is 22.9 Å². The number of hydrazine groups is 1. The summed E-state index contributed by atoms with van der Waals surface area (Å²) in [4.78, 5) is 87.5. The number of thiazole rings is 1. The third kappa shape index (κ3) is 11.7. The highest BCUT2D eigenvalue weighted by molar-refractivity contribution is 7.10. The maximum atomic E-state index is 17.0. The van der Waals surface area contributed by atoms with Crippen molar-refractivity contribution in [3.63, 3.8) is 0 Å². The minimum Gasteiger partial charge on any atom is -0.464 e. The molecule has 4 amide bonds. The van der Waals surface area contributed by atoms with Crippen molar-refractivity contribution in [2.45, 2.75) is 122 Å². The highest BCUT2D eigenvalue weighted by Gasteiger charge is 2.53. The van der Waals surface area contributed by atoms with Crippen LogP contribution in [0.3, 0.4) is 0 Å². The lowest BCUT2D eigenvalue weighted by Crippen LogP contribution is -2.63. The van der Waals surface area contributed by atoms with Gasteiger partial charge in [-0.2, -0.15) is 13.2 Å². The number of alkyl halides is 5. The molecule has 0 aliphatic carbocycles. The number of piperazine rings is 1. The monoisotopic (exact) mass is 1130 g/mol. The van der Waals surface area contributed by atoms with Gasteiger partial charge < -0.3 is 39.0 Å². The Balaban J connectivity index is 1.14. The number of likely N-dealkylation sites (N-methyl/N-ethyl adjacent to an activating group) is 1. The standard InChI is InChI=1S/C54H68ClF5N10O7S/c1-30(2)44(68-13-9-11-53(51(68)75)12-15-67(27-53)49(73)46(55)57)47(71)63-39-23-42-62-40(26-78-42)34-21-33-36(24-52(4,5)29-77-50(74)38-10-8-14-70(64-38)48(39)72)45(69(28-54(58,59)60)41(33)22-37(34)56)35-20-32(25-61-43(35)31(3)76-7)66-18-16-65(6)17-19-66/h20-22,25-26,30-31,38-39,44,46,64H,8-19,23-24,27-29H2,1-7H3,(H,63,71)/t31-,38-,39-,44-,46-,53-/m0/s1. The molecule has 3 aromatic heterocycles. The van der Waals surface area contributed by atoms with Crippen molar-refractivity contribution in [1.82, 2.24) is 45.0 Å². The number of fused-ring (bicyclic) bond motifs is 6. The molecule has 6 atom stereocenters. The normalized spacial score (nSPS) is 23.9. The van der Waals surface area contributed by atoms with Crippen molar-refractivity contribution >= 4 is 69.1 Å². The van der Waals surface area contributed by atoms with Gasteiger partial charge >= 0.3 is 12.1 Å². The molecule has 4 saturated heterocycles. The molecule has 9 rings (SSSR count). The van der Waals surface area contributed by atoms with Crippen molar-refractivity contribution < 1.29 is 55.4 Å². The number of amides is 4. The van der Waals surface area contributed by atoms with Gasteiger partial charge in [0.15, 0.2) is 0 Å². The molecular weight excluding hydrogens is 1060 g/mol. The minimum atomic E-state index is -4.76. The zero-order valence-corrected chi connectivity index (χ0v) is 46.6. The summed E-state index contributed by atoms with van der Waals surface area (Å²) in [6.45, 7) is 10.5. The van der Waals surface area contributed by atoms with Crippen LogP contribution in [0.4, 0.5) is 27.6 Å². The number of nitrogens with zero attached hydrogens (tertiary/aromatic N) is 8. The number of carbonyl (C=O) groups is 5. The molecule has 1 spiro atoms. The van der Waals surface area contributed by atoms with Crippen LogP contribution in [0, 0.1) is 22.6 Å². The first-order valence-corrected chi connectivity index (χ1v) is 27.9. The lowest BCUT2D eigenvalue weighted by Gasteiger charge is -2.44. The van der Waals surface area contributed by atoms with Crippen LogP contribution in [0.25, 0.3) is 33.4 Å². The number of methoxy groups -OCH3 is 1. The lowest BCUT2D eigenvalue weighted by atomic mass is 9.77. The predicted octanol–water partition coefficient (Wildman–Crippen LogP) is 7.04. The molecule has 0 saturated carbocycles. The molecule has 5 aliphatic rings. The minimum absolute atomic E-state index is 0.0211. The number of hydrogen-bond acceptors (Lipinski definition) is 13. The molecule has 5 aliphatic heterocycles. The van der Waals surface area contributed by atoms with Crippen molar-refractivity contribution in [2.75, 3.05) is 78.0 Å². The molecule has 78 heavy (non-hydrogen) atoms. The highest BCUT2D eigenvalue weighted by atomic mass is 35.5. The SMILES string of the molecule is CO[C@@H](C)c1ncc(N2CCN(C)CC2)cc1-c1c2c3cc(c(F)cc3n1CC(F)(F)F)-c1csc(n1)C[C@H](NC(=O)[C@H](C(C)C)N1CCC[C@@]3(CCN(C(=O)[C@H](F)Cl)C3)C1=O)C(=O)N1CCC[C@H](N1)C(=O)OCC(C)(C)C2. The summed E-state index contributed by atoms with van der Waals surface area (Å²) >= 11 is 6.59. The van der Waals surface area contributed by atoms with Gasteiger partial charge in [-0.15, -0.1) is 11.3 Å². The van der Waals surface area contributed by atoms with Gasteiger partial charge in [0.2, 0.25) is 11.8 Å². The number of ether oxygens (including phenoxy) is 2. The maximum absolute atomic E-state index is 17.0. The molecule has 4 fully saturated rings. The number of likely N-dealkylation sites (tertiary alicyclic amines) is 2. The largest absolute Gasteiger partial charge is 0.464 e. The van der Waals surface area contributed by atoms with E-state index in [9.17, 15) is 28.4 Å². The van der Waals surface area contributed by atoms with E-state index in [0.29, 0.717) is 71.7 Å². The quantitative estimate of drug-likeness (QED) is 0.0944. The molecule has 8 heterocycles. The van der Waals surface area contributed by atoms with Crippen LogP contribution in [0.2, 0.25) is 0 Å². The number of esters is 1. The number of hydrogen-bond donors (Lipinski definition) is 2. The second kappa shape index (κ2) is 22.6. The van der Waals surface area contributed by atoms with E-state index in [1.165, 1.54) is 28.0 Å². The number of piperidine rings is 1. The first-order valence-electron chi connectivity index (χ1n) is 26.6. The Morgan fingerprint density at radius 3 is 2.45 bits per heavy atom. The summed E-state index contributed by atoms with van der Waals surface area (Å²) in [7, 11) is 3.51. The van der Waals surface area contributed by atoms with Crippen LogP contribution in [-0.4, -0.2) is 167 Å². The van der Waals surface area contributed by atoms with Crippen molar-refractivity contribution in [1.29, 1.82) is 0 Å². The third-order valence-electron chi connectivity index (χ3n) is 16.0. The number of rotatable bonds is 10. The van der Waals surface area contributed by atoms with E-state index in [-0.39, 0.29) is 80.4 Å². The van der Waals surface area contributed by atoms with Gasteiger partial charge in [0.05, 0.1) is 57.6 Å². The molecule has 24 heteroatoms. The Bertz CT molecular complexity index is 2950. The Morgan fingerprint density at radius 1 is 1.01 bits per heavy atom. The van der Waals surface area contributed by atoms with E-state index in [1.807, 2.05) is 27.0 Å². The summed E-state index contributed by atoms with van der Waals surface area (Å²) < 4.78 is 89.1. The second-order valence-corrected chi connectivity index (χ2v) is 24.0. The Labute approximate surface area is 459 Å². The molecule has 0 unspecified atom stereocenters. The van der Waals surface area contributed by atoms with Gasteiger partial charge in [0, 0.05) is 93.2 Å². The van der Waals surface area contributed by atoms with Crippen molar-refractivity contribution in [3.05, 3.63) is 51.9 Å². The van der Waals surface area contributed by atoms with Crippen LogP contribution in [-0.2, 0) is 52.8 Å². The molecule has 4 aromatic rings. The number of carbonyl (C=O) groups excluding carboxylic acids is 5. The zero-order chi connectivity index (χ0) is 56.2. The number of benzene rings is 1. The van der Waals surface area contributed by atoms with E-state index < -0.39 is 88.8 Å². The molecule has 0 radical (unpaired) electrons. The Kier molecular flexibility index (Phi) is 16.6. The van der Waals surface area contributed by atoms with Gasteiger partial charge in [0.25, 0.3) is 17.4 Å². The average Bonchev–Trinajstić information content (AvgIpc) is 4.33.